The van der Waals surface area contributed by atoms with Crippen molar-refractivity contribution in [2.75, 3.05) is 6.79 Å². The van der Waals surface area contributed by atoms with Gasteiger partial charge < -0.3 is 9.47 Å². The summed E-state index contributed by atoms with van der Waals surface area (Å²) in [6, 6.07) is 9.97. The Morgan fingerprint density at radius 3 is 2.73 bits per heavy atom. The van der Waals surface area contributed by atoms with E-state index in [1.165, 1.54) is 12.3 Å². The van der Waals surface area contributed by atoms with Crippen LogP contribution in [0.4, 0.5) is 0 Å². The van der Waals surface area contributed by atoms with Crippen LogP contribution in [0.5, 0.6) is 11.5 Å². The third-order valence-corrected chi connectivity index (χ3v) is 3.70. The third-order valence-electron chi connectivity index (χ3n) is 2.96. The van der Waals surface area contributed by atoms with Crippen LogP contribution in [0, 0.1) is 0 Å². The fourth-order valence-electron chi connectivity index (χ4n) is 1.86. The number of ether oxygens (including phenoxy) is 2. The number of halogens is 2. The lowest BCUT2D eigenvalue weighted by Gasteiger charge is -2.02. The Labute approximate surface area is 136 Å². The summed E-state index contributed by atoms with van der Waals surface area (Å²) in [5, 5.41) is 4.60. The van der Waals surface area contributed by atoms with Crippen molar-refractivity contribution < 1.29 is 14.3 Å². The zero-order chi connectivity index (χ0) is 15.5. The van der Waals surface area contributed by atoms with Crippen molar-refractivity contribution in [3.63, 3.8) is 0 Å². The van der Waals surface area contributed by atoms with Gasteiger partial charge in [-0.25, -0.2) is 5.43 Å². The van der Waals surface area contributed by atoms with Gasteiger partial charge in [-0.05, 0) is 42.0 Å². The number of amides is 1. The van der Waals surface area contributed by atoms with Crippen LogP contribution in [0.25, 0.3) is 0 Å². The predicted octanol–water partition coefficient (Wildman–Crippen LogP) is 3.49. The second-order valence-electron chi connectivity index (χ2n) is 4.44. The molecule has 0 bridgehead atoms. The van der Waals surface area contributed by atoms with E-state index in [4.69, 9.17) is 32.7 Å². The van der Waals surface area contributed by atoms with Crippen molar-refractivity contribution in [3.05, 3.63) is 57.6 Å². The average molecular weight is 337 g/mol. The van der Waals surface area contributed by atoms with Gasteiger partial charge >= 0.3 is 0 Å². The van der Waals surface area contributed by atoms with Gasteiger partial charge in [0.2, 0.25) is 6.79 Å². The predicted molar refractivity (Wildman–Crippen MR) is 84.1 cm³/mol. The van der Waals surface area contributed by atoms with Crippen LogP contribution >= 0.6 is 23.2 Å². The fourth-order valence-corrected chi connectivity index (χ4v) is 2.16. The molecule has 2 aromatic carbocycles. The molecule has 7 heteroatoms. The lowest BCUT2D eigenvalue weighted by Crippen LogP contribution is -2.17. The Morgan fingerprint density at radius 2 is 1.91 bits per heavy atom. The van der Waals surface area contributed by atoms with Crippen molar-refractivity contribution in [3.8, 4) is 11.5 Å². The van der Waals surface area contributed by atoms with E-state index in [-0.39, 0.29) is 12.7 Å². The second kappa shape index (κ2) is 6.25. The molecular weight excluding hydrogens is 327 g/mol. The molecule has 0 aliphatic carbocycles. The van der Waals surface area contributed by atoms with Gasteiger partial charge in [0, 0.05) is 5.56 Å². The van der Waals surface area contributed by atoms with Crippen LogP contribution in [0.2, 0.25) is 10.0 Å². The maximum Gasteiger partial charge on any atom is 0.271 e. The van der Waals surface area contributed by atoms with Gasteiger partial charge in [-0.15, -0.1) is 0 Å². The highest BCUT2D eigenvalue weighted by molar-refractivity contribution is 6.42. The van der Waals surface area contributed by atoms with Crippen molar-refractivity contribution >= 4 is 35.3 Å². The first kappa shape index (κ1) is 14.7. The average Bonchev–Trinajstić information content (AvgIpc) is 2.97. The van der Waals surface area contributed by atoms with Crippen LogP contribution in [0.15, 0.2) is 41.5 Å². The van der Waals surface area contributed by atoms with Crippen molar-refractivity contribution in [2.24, 2.45) is 5.10 Å². The monoisotopic (exact) mass is 336 g/mol. The van der Waals surface area contributed by atoms with Crippen LogP contribution in [0.1, 0.15) is 15.9 Å². The van der Waals surface area contributed by atoms with Gasteiger partial charge in [-0.2, -0.15) is 5.10 Å². The van der Waals surface area contributed by atoms with E-state index in [9.17, 15) is 4.79 Å². The van der Waals surface area contributed by atoms with E-state index < -0.39 is 0 Å². The van der Waals surface area contributed by atoms with Crippen molar-refractivity contribution in [1.82, 2.24) is 5.43 Å². The van der Waals surface area contributed by atoms with E-state index in [0.29, 0.717) is 27.1 Å². The number of hydrogen-bond donors (Lipinski definition) is 1. The summed E-state index contributed by atoms with van der Waals surface area (Å²) in [5.74, 6) is 0.965. The number of benzene rings is 2. The second-order valence-corrected chi connectivity index (χ2v) is 5.26. The molecule has 0 saturated carbocycles. The minimum Gasteiger partial charge on any atom is -0.454 e. The molecule has 1 amide bonds. The molecule has 1 aliphatic heterocycles. The van der Waals surface area contributed by atoms with Crippen LogP contribution in [-0.2, 0) is 0 Å². The lowest BCUT2D eigenvalue weighted by atomic mass is 10.2. The molecule has 0 atom stereocenters. The number of hydrazone groups is 1. The van der Waals surface area contributed by atoms with Crippen LogP contribution in [-0.4, -0.2) is 18.9 Å². The molecule has 0 unspecified atom stereocenters. The molecule has 0 spiro atoms. The minimum atomic E-state index is -0.379. The summed E-state index contributed by atoms with van der Waals surface area (Å²) in [6.07, 6.45) is 1.51. The molecule has 0 saturated heterocycles. The molecule has 0 aromatic heterocycles. The Balaban J connectivity index is 1.66. The largest absolute Gasteiger partial charge is 0.454 e. The number of rotatable bonds is 3. The van der Waals surface area contributed by atoms with Gasteiger partial charge in [0.25, 0.3) is 5.91 Å². The fraction of sp³-hybridized carbons (Fsp3) is 0.0667. The molecule has 1 heterocycles. The number of carbonyl (C=O) groups excluding carboxylic acids is 1. The van der Waals surface area contributed by atoms with Gasteiger partial charge in [0.05, 0.1) is 16.3 Å². The quantitative estimate of drug-likeness (QED) is 0.689. The molecule has 5 nitrogen and oxygen atoms in total. The van der Waals surface area contributed by atoms with Gasteiger partial charge in [0.1, 0.15) is 0 Å². The standard InChI is InChI=1S/C15H10Cl2N2O3/c16-11-3-2-10(6-12(11)17)15(20)19-18-7-9-1-4-13-14(5-9)22-8-21-13/h1-7H,8H2,(H,19,20)/b18-7-. The lowest BCUT2D eigenvalue weighted by molar-refractivity contribution is 0.0955. The number of carbonyl (C=O) groups is 1. The first-order valence-electron chi connectivity index (χ1n) is 6.31. The zero-order valence-electron chi connectivity index (χ0n) is 11.2. The smallest absolute Gasteiger partial charge is 0.271 e. The number of nitrogens with zero attached hydrogens (tertiary/aromatic N) is 1. The Kier molecular flexibility index (Phi) is 4.18. The number of fused-ring (bicyclic) bond motifs is 1. The van der Waals surface area contributed by atoms with Crippen molar-refractivity contribution in [2.45, 2.75) is 0 Å². The van der Waals surface area contributed by atoms with Gasteiger partial charge in [-0.1, -0.05) is 23.2 Å². The molecule has 112 valence electrons. The zero-order valence-corrected chi connectivity index (χ0v) is 12.7. The molecule has 0 fully saturated rings. The first-order chi connectivity index (χ1) is 10.6. The van der Waals surface area contributed by atoms with Crippen LogP contribution in [0.3, 0.4) is 0 Å². The maximum absolute atomic E-state index is 11.9. The summed E-state index contributed by atoms with van der Waals surface area (Å²) in [7, 11) is 0. The minimum absolute atomic E-state index is 0.212. The normalized spacial score (nSPS) is 12.6. The Hall–Kier alpha value is -2.24. The number of hydrogen-bond acceptors (Lipinski definition) is 4. The van der Waals surface area contributed by atoms with E-state index in [1.54, 1.807) is 24.3 Å². The van der Waals surface area contributed by atoms with Crippen LogP contribution < -0.4 is 14.9 Å². The SMILES string of the molecule is O=C(N/N=C\c1ccc2c(c1)OCO2)c1ccc(Cl)c(Cl)c1. The molecule has 2 aromatic rings. The Morgan fingerprint density at radius 1 is 1.09 bits per heavy atom. The van der Waals surface area contributed by atoms with E-state index >= 15 is 0 Å². The highest BCUT2D eigenvalue weighted by Gasteiger charge is 2.12. The summed E-state index contributed by atoms with van der Waals surface area (Å²) in [6.45, 7) is 0.212. The topological polar surface area (TPSA) is 59.9 Å². The van der Waals surface area contributed by atoms with Gasteiger partial charge in [0.15, 0.2) is 11.5 Å². The third kappa shape index (κ3) is 3.16. The molecule has 1 N–H and O–H groups in total. The van der Waals surface area contributed by atoms with Crippen molar-refractivity contribution in [1.29, 1.82) is 0 Å². The molecule has 22 heavy (non-hydrogen) atoms. The molecule has 3 rings (SSSR count). The highest BCUT2D eigenvalue weighted by atomic mass is 35.5. The molecular formula is C15H10Cl2N2O3. The first-order valence-corrected chi connectivity index (χ1v) is 7.07. The summed E-state index contributed by atoms with van der Waals surface area (Å²) >= 11 is 11.7. The highest BCUT2D eigenvalue weighted by Crippen LogP contribution is 2.31. The maximum atomic E-state index is 11.9. The number of nitrogens with one attached hydrogen (secondary N) is 1. The van der Waals surface area contributed by atoms with E-state index in [1.807, 2.05) is 6.07 Å². The Bertz CT molecular complexity index is 762. The summed E-state index contributed by atoms with van der Waals surface area (Å²) in [4.78, 5) is 11.9. The van der Waals surface area contributed by atoms with Gasteiger partial charge in [-0.3, -0.25) is 4.79 Å². The van der Waals surface area contributed by atoms with E-state index in [0.717, 1.165) is 5.56 Å². The summed E-state index contributed by atoms with van der Waals surface area (Å²) in [5.41, 5.74) is 3.57. The molecule has 0 radical (unpaired) electrons. The van der Waals surface area contributed by atoms with E-state index in [2.05, 4.69) is 10.5 Å². The molecule has 1 aliphatic rings. The summed E-state index contributed by atoms with van der Waals surface area (Å²) < 4.78 is 10.5.